The molecule has 0 saturated heterocycles. The highest BCUT2D eigenvalue weighted by molar-refractivity contribution is 4.60. The molecule has 0 aromatic rings. The van der Waals surface area contributed by atoms with E-state index in [1.165, 1.54) is 25.8 Å². The van der Waals surface area contributed by atoms with Crippen LogP contribution in [0, 0.1) is 0 Å². The van der Waals surface area contributed by atoms with Crippen molar-refractivity contribution in [1.82, 2.24) is 4.90 Å². The number of nitrogens with zero attached hydrogens (tertiary/aromatic N) is 1. The maximum atomic E-state index is 2.40. The maximum absolute atomic E-state index is 2.40. The van der Waals surface area contributed by atoms with Crippen molar-refractivity contribution in [2.24, 2.45) is 0 Å². The van der Waals surface area contributed by atoms with E-state index in [0.717, 1.165) is 6.04 Å². The Morgan fingerprint density at radius 2 is 1.90 bits per heavy atom. The lowest BCUT2D eigenvalue weighted by atomic mass is 10.1. The Hall–Kier alpha value is -0.0400. The zero-order valence-electron chi connectivity index (χ0n) is 7.85. The van der Waals surface area contributed by atoms with Gasteiger partial charge in [0.05, 0.1) is 0 Å². The summed E-state index contributed by atoms with van der Waals surface area (Å²) in [6, 6.07) is 0.768. The summed E-state index contributed by atoms with van der Waals surface area (Å²) < 4.78 is 0. The lowest BCUT2D eigenvalue weighted by Gasteiger charge is -2.22. The molecule has 0 heterocycles. The van der Waals surface area contributed by atoms with E-state index in [0.29, 0.717) is 0 Å². The van der Waals surface area contributed by atoms with E-state index < -0.39 is 0 Å². The van der Waals surface area contributed by atoms with Crippen LogP contribution >= 0.6 is 0 Å². The van der Waals surface area contributed by atoms with Gasteiger partial charge in [0.2, 0.25) is 0 Å². The minimum absolute atomic E-state index is 0.768. The van der Waals surface area contributed by atoms with E-state index in [-0.39, 0.29) is 0 Å². The van der Waals surface area contributed by atoms with Crippen LogP contribution in [0.3, 0.4) is 0 Å². The molecule has 0 bridgehead atoms. The molecule has 0 rings (SSSR count). The monoisotopic (exact) mass is 143 g/mol. The maximum Gasteiger partial charge on any atom is 0.00637 e. The van der Waals surface area contributed by atoms with Crippen molar-refractivity contribution in [1.29, 1.82) is 0 Å². The Morgan fingerprint density at radius 3 is 2.30 bits per heavy atom. The van der Waals surface area contributed by atoms with Crippen molar-refractivity contribution in [3.05, 3.63) is 0 Å². The molecular weight excluding hydrogens is 122 g/mol. The van der Waals surface area contributed by atoms with Crippen molar-refractivity contribution in [2.45, 2.75) is 46.1 Å². The fourth-order valence-electron chi connectivity index (χ4n) is 1.03. The molecule has 10 heavy (non-hydrogen) atoms. The number of rotatable bonds is 5. The molecule has 1 heteroatoms. The first-order valence-electron chi connectivity index (χ1n) is 4.42. The van der Waals surface area contributed by atoms with Crippen LogP contribution in [-0.2, 0) is 0 Å². The molecule has 0 N–H and O–H groups in total. The van der Waals surface area contributed by atoms with Crippen molar-refractivity contribution in [3.63, 3.8) is 0 Å². The molecular formula is C9H21N. The summed E-state index contributed by atoms with van der Waals surface area (Å²) in [4.78, 5) is 2.40. The molecule has 0 fully saturated rings. The van der Waals surface area contributed by atoms with Gasteiger partial charge in [-0.1, -0.05) is 26.7 Å². The minimum Gasteiger partial charge on any atom is -0.304 e. The lowest BCUT2D eigenvalue weighted by molar-refractivity contribution is 0.254. The summed E-state index contributed by atoms with van der Waals surface area (Å²) in [6.07, 6.45) is 4.04. The van der Waals surface area contributed by atoms with Crippen LogP contribution in [0.1, 0.15) is 40.0 Å². The summed E-state index contributed by atoms with van der Waals surface area (Å²) in [7, 11) is 2.19. The molecule has 1 atom stereocenters. The van der Waals surface area contributed by atoms with Crippen LogP contribution in [0.2, 0.25) is 0 Å². The van der Waals surface area contributed by atoms with Crippen LogP contribution in [-0.4, -0.2) is 24.5 Å². The van der Waals surface area contributed by atoms with Gasteiger partial charge in [-0.15, -0.1) is 0 Å². The first kappa shape index (κ1) is 9.96. The Morgan fingerprint density at radius 1 is 1.30 bits per heavy atom. The number of hydrogen-bond acceptors (Lipinski definition) is 1. The van der Waals surface area contributed by atoms with Crippen LogP contribution in [0.15, 0.2) is 0 Å². The average molecular weight is 143 g/mol. The fourth-order valence-corrected chi connectivity index (χ4v) is 1.03. The van der Waals surface area contributed by atoms with Crippen molar-refractivity contribution in [2.75, 3.05) is 13.6 Å². The van der Waals surface area contributed by atoms with E-state index in [1.807, 2.05) is 0 Å². The second kappa shape index (κ2) is 5.72. The molecule has 0 aliphatic rings. The molecule has 0 spiro atoms. The van der Waals surface area contributed by atoms with Gasteiger partial charge >= 0.3 is 0 Å². The smallest absolute Gasteiger partial charge is 0.00637 e. The largest absolute Gasteiger partial charge is 0.304 e. The van der Waals surface area contributed by atoms with Crippen LogP contribution < -0.4 is 0 Å². The third-order valence-corrected chi connectivity index (χ3v) is 2.23. The standard InChI is InChI=1S/C9H21N/c1-5-7-8-9(3)10(4)6-2/h9H,5-8H2,1-4H3/t9-/m1/s1. The van der Waals surface area contributed by atoms with Gasteiger partial charge in [-0.25, -0.2) is 0 Å². The van der Waals surface area contributed by atoms with E-state index in [2.05, 4.69) is 32.7 Å². The van der Waals surface area contributed by atoms with Crippen molar-refractivity contribution >= 4 is 0 Å². The lowest BCUT2D eigenvalue weighted by Crippen LogP contribution is -2.28. The summed E-state index contributed by atoms with van der Waals surface area (Å²) >= 11 is 0. The molecule has 0 aromatic heterocycles. The zero-order chi connectivity index (χ0) is 7.98. The highest BCUT2D eigenvalue weighted by atomic mass is 15.1. The number of hydrogen-bond donors (Lipinski definition) is 0. The topological polar surface area (TPSA) is 3.24 Å². The van der Waals surface area contributed by atoms with Gasteiger partial charge in [-0.3, -0.25) is 0 Å². The van der Waals surface area contributed by atoms with Gasteiger partial charge in [0, 0.05) is 6.04 Å². The molecule has 0 unspecified atom stereocenters. The second-order valence-corrected chi connectivity index (χ2v) is 3.06. The minimum atomic E-state index is 0.768. The van der Waals surface area contributed by atoms with Gasteiger partial charge in [-0.05, 0) is 26.9 Å². The third-order valence-electron chi connectivity index (χ3n) is 2.23. The van der Waals surface area contributed by atoms with Gasteiger partial charge in [-0.2, -0.15) is 0 Å². The van der Waals surface area contributed by atoms with Crippen molar-refractivity contribution in [3.8, 4) is 0 Å². The summed E-state index contributed by atoms with van der Waals surface area (Å²) in [6.45, 7) is 7.94. The van der Waals surface area contributed by atoms with Crippen molar-refractivity contribution < 1.29 is 0 Å². The first-order chi connectivity index (χ1) is 4.72. The SMILES string of the molecule is CCCC[C@@H](C)N(C)CC. The quantitative estimate of drug-likeness (QED) is 0.571. The second-order valence-electron chi connectivity index (χ2n) is 3.06. The van der Waals surface area contributed by atoms with Crippen LogP contribution in [0.4, 0.5) is 0 Å². The van der Waals surface area contributed by atoms with Gasteiger partial charge < -0.3 is 4.90 Å². The van der Waals surface area contributed by atoms with E-state index in [1.54, 1.807) is 0 Å². The zero-order valence-corrected chi connectivity index (χ0v) is 7.85. The van der Waals surface area contributed by atoms with Crippen LogP contribution in [0.5, 0.6) is 0 Å². The van der Waals surface area contributed by atoms with Crippen LogP contribution in [0.25, 0.3) is 0 Å². The number of unbranched alkanes of at least 4 members (excludes halogenated alkanes) is 1. The highest BCUT2D eigenvalue weighted by Gasteiger charge is 2.04. The molecule has 0 amide bonds. The van der Waals surface area contributed by atoms with Gasteiger partial charge in [0.15, 0.2) is 0 Å². The Kier molecular flexibility index (Phi) is 5.70. The van der Waals surface area contributed by atoms with E-state index in [4.69, 9.17) is 0 Å². The third kappa shape index (κ3) is 3.89. The fraction of sp³-hybridized carbons (Fsp3) is 1.00. The molecule has 0 aliphatic heterocycles. The molecule has 0 aromatic carbocycles. The summed E-state index contributed by atoms with van der Waals surface area (Å²) in [5, 5.41) is 0. The first-order valence-corrected chi connectivity index (χ1v) is 4.42. The van der Waals surface area contributed by atoms with Gasteiger partial charge in [0.25, 0.3) is 0 Å². The molecule has 0 saturated carbocycles. The summed E-state index contributed by atoms with van der Waals surface area (Å²) in [5.74, 6) is 0. The summed E-state index contributed by atoms with van der Waals surface area (Å²) in [5.41, 5.74) is 0. The Labute approximate surface area is 65.4 Å². The van der Waals surface area contributed by atoms with E-state index in [9.17, 15) is 0 Å². The van der Waals surface area contributed by atoms with Gasteiger partial charge in [0.1, 0.15) is 0 Å². The highest BCUT2D eigenvalue weighted by Crippen LogP contribution is 2.04. The predicted octanol–water partition coefficient (Wildman–Crippen LogP) is 2.52. The Balaban J connectivity index is 3.31. The molecule has 1 nitrogen and oxygen atoms in total. The Bertz CT molecular complexity index is 71.1. The molecule has 0 aliphatic carbocycles. The molecule has 62 valence electrons. The van der Waals surface area contributed by atoms with E-state index >= 15 is 0 Å². The normalized spacial score (nSPS) is 14.1. The molecule has 0 radical (unpaired) electrons. The average Bonchev–Trinajstić information content (AvgIpc) is 1.98. The predicted molar refractivity (Wildman–Crippen MR) is 47.3 cm³/mol.